The van der Waals surface area contributed by atoms with Crippen LogP contribution in [-0.4, -0.2) is 4.98 Å². The lowest BCUT2D eigenvalue weighted by Gasteiger charge is -2.13. The number of hydrogen-bond donors (Lipinski definition) is 0. The van der Waals surface area contributed by atoms with Crippen molar-refractivity contribution in [3.05, 3.63) is 28.6 Å². The highest BCUT2D eigenvalue weighted by Crippen LogP contribution is 2.34. The lowest BCUT2D eigenvalue weighted by molar-refractivity contribution is -0.138. The van der Waals surface area contributed by atoms with E-state index in [-0.39, 0.29) is 5.56 Å². The second-order valence-corrected chi connectivity index (χ2v) is 3.32. The average molecular weight is 250 g/mol. The molecule has 0 amide bonds. The molecule has 0 aliphatic heterocycles. The molecule has 0 bridgehead atoms. The summed E-state index contributed by atoms with van der Waals surface area (Å²) < 4.78 is 62.5. The molecule has 2 nitrogen and oxygen atoms in total. The molecule has 7 heteroatoms. The van der Waals surface area contributed by atoms with E-state index in [9.17, 15) is 22.0 Å². The first-order chi connectivity index (χ1) is 7.77. The van der Waals surface area contributed by atoms with Crippen LogP contribution in [0.2, 0.25) is 0 Å². The van der Waals surface area contributed by atoms with Crippen LogP contribution < -0.4 is 0 Å². The van der Waals surface area contributed by atoms with Gasteiger partial charge in [-0.15, -0.1) is 0 Å². The van der Waals surface area contributed by atoms with Gasteiger partial charge in [-0.05, 0) is 18.6 Å². The smallest absolute Gasteiger partial charge is 0.250 e. The van der Waals surface area contributed by atoms with Crippen molar-refractivity contribution in [3.8, 4) is 6.07 Å². The Labute approximate surface area is 93.7 Å². The highest BCUT2D eigenvalue weighted by atomic mass is 19.4. The summed E-state index contributed by atoms with van der Waals surface area (Å²) in [6, 6.07) is 2.07. The lowest BCUT2D eigenvalue weighted by atomic mass is 10.1. The molecule has 0 aliphatic rings. The Morgan fingerprint density at radius 1 is 1.41 bits per heavy atom. The monoisotopic (exact) mass is 250 g/mol. The van der Waals surface area contributed by atoms with Crippen LogP contribution in [-0.2, 0) is 12.6 Å². The molecule has 0 radical (unpaired) electrons. The number of alkyl halides is 5. The Morgan fingerprint density at radius 3 is 2.41 bits per heavy atom. The van der Waals surface area contributed by atoms with Crippen LogP contribution >= 0.6 is 0 Å². The van der Waals surface area contributed by atoms with Crippen molar-refractivity contribution in [1.82, 2.24) is 4.98 Å². The zero-order chi connectivity index (χ0) is 13.2. The Kier molecular flexibility index (Phi) is 3.66. The molecule has 1 rings (SSSR count). The van der Waals surface area contributed by atoms with Crippen molar-refractivity contribution in [2.24, 2.45) is 0 Å². The third kappa shape index (κ3) is 2.90. The molecule has 17 heavy (non-hydrogen) atoms. The molecule has 0 saturated carbocycles. The van der Waals surface area contributed by atoms with Crippen LogP contribution in [0.25, 0.3) is 0 Å². The largest absolute Gasteiger partial charge is 0.418 e. The lowest BCUT2D eigenvalue weighted by Crippen LogP contribution is -2.13. The predicted molar refractivity (Wildman–Crippen MR) is 48.3 cm³/mol. The molecule has 0 aromatic carbocycles. The number of rotatable bonds is 2. The van der Waals surface area contributed by atoms with Crippen molar-refractivity contribution < 1.29 is 22.0 Å². The molecule has 0 unspecified atom stereocenters. The number of nitrogens with zero attached hydrogens (tertiary/aromatic N) is 2. The molecule has 0 saturated heterocycles. The highest BCUT2D eigenvalue weighted by molar-refractivity contribution is 5.33. The van der Waals surface area contributed by atoms with Gasteiger partial charge >= 0.3 is 6.18 Å². The molecule has 0 aliphatic carbocycles. The number of hydrogen-bond acceptors (Lipinski definition) is 2. The van der Waals surface area contributed by atoms with Gasteiger partial charge in [-0.2, -0.15) is 18.4 Å². The number of aryl methyl sites for hydroxylation is 1. The molecule has 0 atom stereocenters. The molecule has 1 aromatic rings. The van der Waals surface area contributed by atoms with E-state index in [1.54, 1.807) is 0 Å². The summed E-state index contributed by atoms with van der Waals surface area (Å²) in [6.45, 7) is 1.12. The Morgan fingerprint density at radius 2 is 2.00 bits per heavy atom. The SMILES string of the molecule is Cc1cc(C(F)(F)F)c(CC#N)nc1C(F)F. The van der Waals surface area contributed by atoms with Gasteiger partial charge in [0.1, 0.15) is 5.69 Å². The molecule has 0 spiro atoms. The van der Waals surface area contributed by atoms with E-state index >= 15 is 0 Å². The maximum Gasteiger partial charge on any atom is 0.418 e. The van der Waals surface area contributed by atoms with E-state index in [1.165, 1.54) is 6.07 Å². The fourth-order valence-electron chi connectivity index (χ4n) is 1.34. The van der Waals surface area contributed by atoms with E-state index in [0.29, 0.717) is 6.07 Å². The second kappa shape index (κ2) is 4.65. The predicted octanol–water partition coefficient (Wildman–Crippen LogP) is 3.41. The van der Waals surface area contributed by atoms with Gasteiger partial charge < -0.3 is 0 Å². The first kappa shape index (κ1) is 13.4. The van der Waals surface area contributed by atoms with E-state index in [2.05, 4.69) is 4.98 Å². The van der Waals surface area contributed by atoms with Gasteiger partial charge in [-0.3, -0.25) is 0 Å². The van der Waals surface area contributed by atoms with Crippen LogP contribution in [0.3, 0.4) is 0 Å². The second-order valence-electron chi connectivity index (χ2n) is 3.32. The van der Waals surface area contributed by atoms with Gasteiger partial charge in [0.2, 0.25) is 0 Å². The summed E-state index contributed by atoms with van der Waals surface area (Å²) in [5, 5.41) is 8.36. The number of pyridine rings is 1. The highest BCUT2D eigenvalue weighted by Gasteiger charge is 2.35. The maximum atomic E-state index is 12.5. The van der Waals surface area contributed by atoms with Gasteiger partial charge in [0.05, 0.1) is 23.7 Å². The Balaban J connectivity index is 3.42. The molecule has 92 valence electrons. The fraction of sp³-hybridized carbons (Fsp3) is 0.400. The standard InChI is InChI=1S/C10H7F5N2/c1-5-4-6(10(13,14)15)7(2-3-16)17-8(5)9(11)12/h4,9H,2H2,1H3. The van der Waals surface area contributed by atoms with E-state index in [1.807, 2.05) is 0 Å². The minimum absolute atomic E-state index is 0.242. The third-order valence-electron chi connectivity index (χ3n) is 2.09. The van der Waals surface area contributed by atoms with Crippen LogP contribution in [0.4, 0.5) is 22.0 Å². The van der Waals surface area contributed by atoms with Crippen molar-refractivity contribution in [2.45, 2.75) is 25.9 Å². The summed E-state index contributed by atoms with van der Waals surface area (Å²) in [5.41, 5.74) is -2.76. The average Bonchev–Trinajstić information content (AvgIpc) is 2.18. The van der Waals surface area contributed by atoms with Gasteiger partial charge in [0.15, 0.2) is 0 Å². The fourth-order valence-corrected chi connectivity index (χ4v) is 1.34. The van der Waals surface area contributed by atoms with E-state index in [4.69, 9.17) is 5.26 Å². The van der Waals surface area contributed by atoms with Crippen LogP contribution in [0.5, 0.6) is 0 Å². The van der Waals surface area contributed by atoms with Gasteiger partial charge in [-0.1, -0.05) is 0 Å². The van der Waals surface area contributed by atoms with Gasteiger partial charge in [0, 0.05) is 0 Å². The Hall–Kier alpha value is -1.71. The molecular formula is C10H7F5N2. The minimum Gasteiger partial charge on any atom is -0.250 e. The number of halogens is 5. The topological polar surface area (TPSA) is 36.7 Å². The molecule has 1 aromatic heterocycles. The zero-order valence-electron chi connectivity index (χ0n) is 8.65. The summed E-state index contributed by atoms with van der Waals surface area (Å²) in [5.74, 6) is 0. The van der Waals surface area contributed by atoms with E-state index < -0.39 is 36.0 Å². The summed E-state index contributed by atoms with van der Waals surface area (Å²) in [7, 11) is 0. The Bertz CT molecular complexity index is 459. The van der Waals surface area contributed by atoms with Crippen molar-refractivity contribution in [2.75, 3.05) is 0 Å². The normalized spacial score (nSPS) is 11.6. The summed E-state index contributed by atoms with van der Waals surface area (Å²) in [4.78, 5) is 3.24. The quantitative estimate of drug-likeness (QED) is 0.754. The molecule has 0 N–H and O–H groups in total. The first-order valence-electron chi connectivity index (χ1n) is 4.50. The molecule has 0 fully saturated rings. The van der Waals surface area contributed by atoms with Crippen LogP contribution in [0.1, 0.15) is 28.9 Å². The number of nitriles is 1. The van der Waals surface area contributed by atoms with Gasteiger partial charge in [0.25, 0.3) is 6.43 Å². The zero-order valence-corrected chi connectivity index (χ0v) is 8.65. The van der Waals surface area contributed by atoms with Gasteiger partial charge in [-0.25, -0.2) is 13.8 Å². The van der Waals surface area contributed by atoms with Crippen molar-refractivity contribution >= 4 is 0 Å². The van der Waals surface area contributed by atoms with Crippen LogP contribution in [0, 0.1) is 18.3 Å². The summed E-state index contributed by atoms with van der Waals surface area (Å²) >= 11 is 0. The number of aromatic nitrogens is 1. The minimum atomic E-state index is -4.70. The van der Waals surface area contributed by atoms with E-state index in [0.717, 1.165) is 6.92 Å². The first-order valence-corrected chi connectivity index (χ1v) is 4.50. The summed E-state index contributed by atoms with van der Waals surface area (Å²) in [6.07, 6.45) is -8.32. The molecular weight excluding hydrogens is 243 g/mol. The molecule has 1 heterocycles. The van der Waals surface area contributed by atoms with Crippen LogP contribution in [0.15, 0.2) is 6.07 Å². The van der Waals surface area contributed by atoms with Crippen molar-refractivity contribution in [3.63, 3.8) is 0 Å². The third-order valence-corrected chi connectivity index (χ3v) is 2.09. The maximum absolute atomic E-state index is 12.5. The van der Waals surface area contributed by atoms with Crippen molar-refractivity contribution in [1.29, 1.82) is 5.26 Å².